The van der Waals surface area contributed by atoms with E-state index in [0.29, 0.717) is 12.1 Å². The number of amides is 1. The van der Waals surface area contributed by atoms with Gasteiger partial charge < -0.3 is 0 Å². The van der Waals surface area contributed by atoms with E-state index in [1.807, 2.05) is 39.1 Å². The molecule has 1 aromatic carbocycles. The Morgan fingerprint density at radius 1 is 1.24 bits per heavy atom. The molecule has 3 rings (SSSR count). The van der Waals surface area contributed by atoms with Crippen molar-refractivity contribution in [2.75, 3.05) is 4.90 Å². The van der Waals surface area contributed by atoms with Crippen molar-refractivity contribution in [3.63, 3.8) is 0 Å². The number of benzene rings is 1. The van der Waals surface area contributed by atoms with Crippen LogP contribution in [0.1, 0.15) is 34.2 Å². The fourth-order valence-electron chi connectivity index (χ4n) is 2.74. The molecular weight excluding hydrogens is 266 g/mol. The van der Waals surface area contributed by atoms with Crippen LogP contribution in [0.2, 0.25) is 0 Å². The Bertz CT molecular complexity index is 746. The molecule has 5 heteroatoms. The number of carbonyl (C=O) groups excluding carboxylic acids is 2. The van der Waals surface area contributed by atoms with E-state index < -0.39 is 11.7 Å². The summed E-state index contributed by atoms with van der Waals surface area (Å²) in [4.78, 5) is 25.9. The molecule has 0 fully saturated rings. The van der Waals surface area contributed by atoms with Crippen LogP contribution >= 0.6 is 0 Å². The summed E-state index contributed by atoms with van der Waals surface area (Å²) in [6, 6.07) is 7.41. The lowest BCUT2D eigenvalue weighted by atomic mass is 10.1. The van der Waals surface area contributed by atoms with Crippen molar-refractivity contribution < 1.29 is 9.59 Å². The standard InChI is InChI=1S/C16H17N3O2/c1-4-11-8-12(18(3)17-11)9-19-14-10(2)6-5-7-13(14)15(20)16(19)21/h5-8H,4,9H2,1-3H3. The third-order valence-electron chi connectivity index (χ3n) is 3.90. The van der Waals surface area contributed by atoms with Gasteiger partial charge in [-0.25, -0.2) is 0 Å². The van der Waals surface area contributed by atoms with Crippen LogP contribution in [0.15, 0.2) is 24.3 Å². The van der Waals surface area contributed by atoms with Gasteiger partial charge in [-0.3, -0.25) is 19.2 Å². The van der Waals surface area contributed by atoms with Gasteiger partial charge in [0.2, 0.25) is 0 Å². The van der Waals surface area contributed by atoms with E-state index in [-0.39, 0.29) is 0 Å². The Hall–Kier alpha value is -2.43. The zero-order valence-corrected chi connectivity index (χ0v) is 12.4. The fraction of sp³-hybridized carbons (Fsp3) is 0.312. The molecule has 0 spiro atoms. The van der Waals surface area contributed by atoms with Crippen molar-refractivity contribution in [2.24, 2.45) is 7.05 Å². The predicted octanol–water partition coefficient (Wildman–Crippen LogP) is 2.02. The van der Waals surface area contributed by atoms with Gasteiger partial charge >= 0.3 is 0 Å². The van der Waals surface area contributed by atoms with Crippen LogP contribution in [0.25, 0.3) is 0 Å². The number of nitrogens with zero attached hydrogens (tertiary/aromatic N) is 3. The lowest BCUT2D eigenvalue weighted by Crippen LogP contribution is -2.30. The van der Waals surface area contributed by atoms with Crippen LogP contribution in [0.3, 0.4) is 0 Å². The highest BCUT2D eigenvalue weighted by molar-refractivity contribution is 6.52. The number of para-hydroxylation sites is 1. The minimum atomic E-state index is -0.460. The molecule has 2 heterocycles. The zero-order valence-electron chi connectivity index (χ0n) is 12.4. The molecule has 5 nitrogen and oxygen atoms in total. The van der Waals surface area contributed by atoms with E-state index in [4.69, 9.17) is 0 Å². The number of ketones is 1. The van der Waals surface area contributed by atoms with Gasteiger partial charge in [0.05, 0.1) is 29.2 Å². The number of rotatable bonds is 3. The first-order chi connectivity index (χ1) is 10.0. The van der Waals surface area contributed by atoms with E-state index in [1.54, 1.807) is 15.6 Å². The van der Waals surface area contributed by atoms with Gasteiger partial charge in [0, 0.05) is 7.05 Å². The Labute approximate surface area is 123 Å². The average Bonchev–Trinajstić information content (AvgIpc) is 2.94. The number of fused-ring (bicyclic) bond motifs is 1. The first-order valence-electron chi connectivity index (χ1n) is 7.00. The molecule has 0 radical (unpaired) electrons. The molecule has 0 N–H and O–H groups in total. The van der Waals surface area contributed by atoms with E-state index >= 15 is 0 Å². The fourth-order valence-corrected chi connectivity index (χ4v) is 2.74. The van der Waals surface area contributed by atoms with E-state index in [9.17, 15) is 9.59 Å². The van der Waals surface area contributed by atoms with Crippen LogP contribution in [-0.4, -0.2) is 21.5 Å². The molecular formula is C16H17N3O2. The monoisotopic (exact) mass is 283 g/mol. The van der Waals surface area contributed by atoms with Gasteiger partial charge in [-0.1, -0.05) is 19.1 Å². The van der Waals surface area contributed by atoms with Gasteiger partial charge in [0.1, 0.15) is 0 Å². The average molecular weight is 283 g/mol. The molecule has 0 bridgehead atoms. The Balaban J connectivity index is 2.02. The van der Waals surface area contributed by atoms with Crippen molar-refractivity contribution >= 4 is 17.4 Å². The molecule has 0 unspecified atom stereocenters. The third-order valence-corrected chi connectivity index (χ3v) is 3.90. The molecule has 1 aliphatic rings. The Kier molecular flexibility index (Phi) is 3.12. The van der Waals surface area contributed by atoms with Crippen LogP contribution in [-0.2, 0) is 24.8 Å². The van der Waals surface area contributed by atoms with Crippen molar-refractivity contribution in [2.45, 2.75) is 26.8 Å². The molecule has 1 aliphatic heterocycles. The molecule has 1 amide bonds. The molecule has 2 aromatic rings. The highest BCUT2D eigenvalue weighted by Crippen LogP contribution is 2.33. The molecule has 21 heavy (non-hydrogen) atoms. The lowest BCUT2D eigenvalue weighted by Gasteiger charge is -2.18. The molecule has 0 aliphatic carbocycles. The summed E-state index contributed by atoms with van der Waals surface area (Å²) in [5.41, 5.74) is 4.06. The first kappa shape index (κ1) is 13.5. The molecule has 0 saturated heterocycles. The SMILES string of the molecule is CCc1cc(CN2C(=O)C(=O)c3cccc(C)c32)n(C)n1. The quantitative estimate of drug-likeness (QED) is 0.810. The number of hydrogen-bond donors (Lipinski definition) is 0. The van der Waals surface area contributed by atoms with Crippen molar-refractivity contribution in [3.05, 3.63) is 46.8 Å². The number of Topliss-reactive ketones (excluding diaryl/α,β-unsaturated/α-hetero) is 1. The second-order valence-electron chi connectivity index (χ2n) is 5.30. The summed E-state index contributed by atoms with van der Waals surface area (Å²) in [7, 11) is 1.86. The summed E-state index contributed by atoms with van der Waals surface area (Å²) >= 11 is 0. The number of carbonyl (C=O) groups is 2. The van der Waals surface area contributed by atoms with Gasteiger partial charge in [-0.05, 0) is 31.0 Å². The lowest BCUT2D eigenvalue weighted by molar-refractivity contribution is -0.114. The predicted molar refractivity (Wildman–Crippen MR) is 79.3 cm³/mol. The van der Waals surface area contributed by atoms with Gasteiger partial charge in [-0.15, -0.1) is 0 Å². The molecule has 1 aromatic heterocycles. The molecule has 0 atom stereocenters. The number of hydrogen-bond acceptors (Lipinski definition) is 3. The van der Waals surface area contributed by atoms with Crippen LogP contribution < -0.4 is 4.90 Å². The first-order valence-corrected chi connectivity index (χ1v) is 7.00. The summed E-state index contributed by atoms with van der Waals surface area (Å²) in [6.07, 6.45) is 0.844. The van der Waals surface area contributed by atoms with Gasteiger partial charge in [0.15, 0.2) is 0 Å². The van der Waals surface area contributed by atoms with E-state index in [1.165, 1.54) is 0 Å². The summed E-state index contributed by atoms with van der Waals surface area (Å²) in [6.45, 7) is 4.32. The number of anilines is 1. The minimum Gasteiger partial charge on any atom is -0.299 e. The second-order valence-corrected chi connectivity index (χ2v) is 5.30. The van der Waals surface area contributed by atoms with Crippen LogP contribution in [0, 0.1) is 6.92 Å². The topological polar surface area (TPSA) is 55.2 Å². The normalized spacial score (nSPS) is 14.0. The molecule has 108 valence electrons. The highest BCUT2D eigenvalue weighted by Gasteiger charge is 2.37. The van der Waals surface area contributed by atoms with E-state index in [0.717, 1.165) is 29.1 Å². The summed E-state index contributed by atoms with van der Waals surface area (Å²) < 4.78 is 1.77. The van der Waals surface area contributed by atoms with Gasteiger partial charge in [-0.2, -0.15) is 5.10 Å². The maximum absolute atomic E-state index is 12.3. The largest absolute Gasteiger partial charge is 0.299 e. The van der Waals surface area contributed by atoms with Crippen molar-refractivity contribution in [3.8, 4) is 0 Å². The van der Waals surface area contributed by atoms with E-state index in [2.05, 4.69) is 5.10 Å². The van der Waals surface area contributed by atoms with Crippen molar-refractivity contribution in [1.29, 1.82) is 0 Å². The summed E-state index contributed by atoms with van der Waals surface area (Å²) in [5, 5.41) is 4.39. The minimum absolute atomic E-state index is 0.367. The van der Waals surface area contributed by atoms with Crippen LogP contribution in [0.4, 0.5) is 5.69 Å². The smallest absolute Gasteiger partial charge is 0.299 e. The number of aromatic nitrogens is 2. The highest BCUT2D eigenvalue weighted by atomic mass is 16.2. The third kappa shape index (κ3) is 2.05. The zero-order chi connectivity index (χ0) is 15.1. The Morgan fingerprint density at radius 2 is 2.00 bits per heavy atom. The van der Waals surface area contributed by atoms with Crippen LogP contribution in [0.5, 0.6) is 0 Å². The second kappa shape index (κ2) is 4.84. The van der Waals surface area contributed by atoms with Crippen molar-refractivity contribution in [1.82, 2.24) is 9.78 Å². The Morgan fingerprint density at radius 3 is 2.67 bits per heavy atom. The molecule has 0 saturated carbocycles. The maximum Gasteiger partial charge on any atom is 0.299 e. The summed E-state index contributed by atoms with van der Waals surface area (Å²) in [5.74, 6) is -0.884. The van der Waals surface area contributed by atoms with Gasteiger partial charge in [0.25, 0.3) is 11.7 Å². The maximum atomic E-state index is 12.3. The number of aryl methyl sites for hydroxylation is 3.